The average molecular weight is 300 g/mol. The first-order valence-electron chi connectivity index (χ1n) is 5.26. The second-order valence-electron chi connectivity index (χ2n) is 3.70. The topological polar surface area (TPSA) is 39.2 Å². The predicted molar refractivity (Wildman–Crippen MR) is 70.7 cm³/mol. The number of hydrogen-bond acceptors (Lipinski definition) is 3. The molecule has 86 valence electrons. The Kier molecular flexibility index (Phi) is 3.84. The summed E-state index contributed by atoms with van der Waals surface area (Å²) in [5.41, 5.74) is 6.10. The van der Waals surface area contributed by atoms with Crippen molar-refractivity contribution in [3.63, 3.8) is 0 Å². The molecule has 0 radical (unpaired) electrons. The molecule has 0 bridgehead atoms. The van der Waals surface area contributed by atoms with E-state index in [-0.39, 0.29) is 6.04 Å². The molecule has 0 saturated carbocycles. The SMILES string of the molecule is CCc1ccc(C(N)Cc2cc(Br)cs2)o1. The zero-order chi connectivity index (χ0) is 11.5. The van der Waals surface area contributed by atoms with Crippen LogP contribution in [-0.2, 0) is 12.8 Å². The molecule has 0 fully saturated rings. The molecule has 4 heteroatoms. The van der Waals surface area contributed by atoms with E-state index in [1.165, 1.54) is 4.88 Å². The quantitative estimate of drug-likeness (QED) is 0.930. The molecule has 0 aromatic carbocycles. The Morgan fingerprint density at radius 2 is 2.31 bits per heavy atom. The van der Waals surface area contributed by atoms with Crippen LogP contribution in [0.1, 0.15) is 29.4 Å². The van der Waals surface area contributed by atoms with Gasteiger partial charge in [0, 0.05) is 27.6 Å². The maximum absolute atomic E-state index is 6.10. The van der Waals surface area contributed by atoms with Crippen molar-refractivity contribution in [1.29, 1.82) is 0 Å². The number of thiophene rings is 1. The molecule has 2 nitrogen and oxygen atoms in total. The summed E-state index contributed by atoms with van der Waals surface area (Å²) in [4.78, 5) is 1.27. The predicted octanol–water partition coefficient (Wildman–Crippen LogP) is 3.91. The Labute approximate surface area is 108 Å². The van der Waals surface area contributed by atoms with Gasteiger partial charge in [-0.2, -0.15) is 0 Å². The van der Waals surface area contributed by atoms with Gasteiger partial charge in [-0.05, 0) is 34.1 Å². The lowest BCUT2D eigenvalue weighted by Gasteiger charge is -2.06. The van der Waals surface area contributed by atoms with E-state index in [9.17, 15) is 0 Å². The highest BCUT2D eigenvalue weighted by molar-refractivity contribution is 9.10. The Balaban J connectivity index is 2.05. The van der Waals surface area contributed by atoms with Crippen molar-refractivity contribution in [2.75, 3.05) is 0 Å². The highest BCUT2D eigenvalue weighted by Gasteiger charge is 2.12. The summed E-state index contributed by atoms with van der Waals surface area (Å²) < 4.78 is 6.76. The molecule has 0 aliphatic carbocycles. The first kappa shape index (κ1) is 11.9. The number of rotatable bonds is 4. The van der Waals surface area contributed by atoms with Gasteiger partial charge in [-0.15, -0.1) is 11.3 Å². The molecule has 2 heterocycles. The van der Waals surface area contributed by atoms with E-state index in [0.29, 0.717) is 0 Å². The zero-order valence-corrected chi connectivity index (χ0v) is 11.5. The van der Waals surface area contributed by atoms with E-state index >= 15 is 0 Å². The van der Waals surface area contributed by atoms with Gasteiger partial charge in [-0.1, -0.05) is 6.92 Å². The van der Waals surface area contributed by atoms with Gasteiger partial charge < -0.3 is 10.2 Å². The van der Waals surface area contributed by atoms with Gasteiger partial charge in [0.15, 0.2) is 0 Å². The summed E-state index contributed by atoms with van der Waals surface area (Å²) in [6.07, 6.45) is 1.74. The largest absolute Gasteiger partial charge is 0.464 e. The summed E-state index contributed by atoms with van der Waals surface area (Å²) in [5.74, 6) is 1.87. The molecule has 0 aliphatic heterocycles. The maximum atomic E-state index is 6.10. The minimum atomic E-state index is -0.0501. The van der Waals surface area contributed by atoms with Crippen molar-refractivity contribution < 1.29 is 4.42 Å². The Bertz CT molecular complexity index is 463. The van der Waals surface area contributed by atoms with Crippen LogP contribution in [-0.4, -0.2) is 0 Å². The lowest BCUT2D eigenvalue weighted by Crippen LogP contribution is -2.11. The van der Waals surface area contributed by atoms with Crippen LogP contribution in [0.4, 0.5) is 0 Å². The van der Waals surface area contributed by atoms with Crippen LogP contribution in [0, 0.1) is 0 Å². The molecule has 16 heavy (non-hydrogen) atoms. The molecule has 2 rings (SSSR count). The van der Waals surface area contributed by atoms with Gasteiger partial charge in [0.1, 0.15) is 11.5 Å². The van der Waals surface area contributed by atoms with Crippen molar-refractivity contribution in [1.82, 2.24) is 0 Å². The number of furan rings is 1. The van der Waals surface area contributed by atoms with Crippen LogP contribution >= 0.6 is 27.3 Å². The van der Waals surface area contributed by atoms with E-state index in [4.69, 9.17) is 10.2 Å². The number of aryl methyl sites for hydroxylation is 1. The van der Waals surface area contributed by atoms with Crippen LogP contribution in [0.3, 0.4) is 0 Å². The number of halogens is 1. The van der Waals surface area contributed by atoms with Crippen LogP contribution in [0.15, 0.2) is 32.5 Å². The summed E-state index contributed by atoms with van der Waals surface area (Å²) in [7, 11) is 0. The molecule has 0 aliphatic rings. The van der Waals surface area contributed by atoms with Gasteiger partial charge in [-0.25, -0.2) is 0 Å². The highest BCUT2D eigenvalue weighted by Crippen LogP contribution is 2.25. The van der Waals surface area contributed by atoms with Crippen molar-refractivity contribution in [3.8, 4) is 0 Å². The highest BCUT2D eigenvalue weighted by atomic mass is 79.9. The number of hydrogen-bond donors (Lipinski definition) is 1. The summed E-state index contributed by atoms with van der Waals surface area (Å²) >= 11 is 5.16. The van der Waals surface area contributed by atoms with Gasteiger partial charge >= 0.3 is 0 Å². The fraction of sp³-hybridized carbons (Fsp3) is 0.333. The zero-order valence-electron chi connectivity index (χ0n) is 9.07. The molecule has 2 N–H and O–H groups in total. The summed E-state index contributed by atoms with van der Waals surface area (Å²) in [6, 6.07) is 6.03. The van der Waals surface area contributed by atoms with Crippen molar-refractivity contribution in [2.45, 2.75) is 25.8 Å². The van der Waals surface area contributed by atoms with E-state index in [1.807, 2.05) is 12.1 Å². The second kappa shape index (κ2) is 5.17. The molecular weight excluding hydrogens is 286 g/mol. The molecular formula is C12H14BrNOS. The summed E-state index contributed by atoms with van der Waals surface area (Å²) in [6.45, 7) is 2.07. The molecule has 0 amide bonds. The first-order chi connectivity index (χ1) is 7.69. The Morgan fingerprint density at radius 1 is 1.50 bits per heavy atom. The van der Waals surface area contributed by atoms with E-state index in [2.05, 4.69) is 34.3 Å². The van der Waals surface area contributed by atoms with E-state index in [1.54, 1.807) is 11.3 Å². The van der Waals surface area contributed by atoms with Crippen LogP contribution in [0.5, 0.6) is 0 Å². The van der Waals surface area contributed by atoms with Crippen molar-refractivity contribution in [3.05, 3.63) is 44.4 Å². The second-order valence-corrected chi connectivity index (χ2v) is 5.61. The Hall–Kier alpha value is -0.580. The van der Waals surface area contributed by atoms with E-state index in [0.717, 1.165) is 28.8 Å². The minimum Gasteiger partial charge on any atom is -0.464 e. The van der Waals surface area contributed by atoms with Gasteiger partial charge in [0.2, 0.25) is 0 Å². The molecule has 0 saturated heterocycles. The third-order valence-electron chi connectivity index (χ3n) is 2.44. The van der Waals surface area contributed by atoms with Crippen LogP contribution in [0.2, 0.25) is 0 Å². The van der Waals surface area contributed by atoms with Crippen LogP contribution in [0.25, 0.3) is 0 Å². The smallest absolute Gasteiger partial charge is 0.121 e. The monoisotopic (exact) mass is 299 g/mol. The number of nitrogens with two attached hydrogens (primary N) is 1. The maximum Gasteiger partial charge on any atom is 0.121 e. The van der Waals surface area contributed by atoms with Crippen LogP contribution < -0.4 is 5.73 Å². The lowest BCUT2D eigenvalue weighted by atomic mass is 10.1. The van der Waals surface area contributed by atoms with Gasteiger partial charge in [-0.3, -0.25) is 0 Å². The fourth-order valence-electron chi connectivity index (χ4n) is 1.56. The lowest BCUT2D eigenvalue weighted by molar-refractivity contribution is 0.435. The van der Waals surface area contributed by atoms with Crippen molar-refractivity contribution in [2.24, 2.45) is 5.73 Å². The normalized spacial score (nSPS) is 12.9. The molecule has 0 spiro atoms. The molecule has 1 atom stereocenters. The minimum absolute atomic E-state index is 0.0501. The summed E-state index contributed by atoms with van der Waals surface area (Å²) in [5, 5.41) is 2.07. The average Bonchev–Trinajstić information content (AvgIpc) is 2.87. The van der Waals surface area contributed by atoms with E-state index < -0.39 is 0 Å². The standard InChI is InChI=1S/C12H14BrNOS/c1-2-9-3-4-12(15-9)11(14)6-10-5-8(13)7-16-10/h3-5,7,11H,2,6,14H2,1H3. The first-order valence-corrected chi connectivity index (χ1v) is 6.93. The van der Waals surface area contributed by atoms with Gasteiger partial charge in [0.25, 0.3) is 0 Å². The fourth-order valence-corrected chi connectivity index (χ4v) is 3.07. The third-order valence-corrected chi connectivity index (χ3v) is 4.16. The molecule has 2 aromatic heterocycles. The Morgan fingerprint density at radius 3 is 2.88 bits per heavy atom. The van der Waals surface area contributed by atoms with Gasteiger partial charge in [0.05, 0.1) is 6.04 Å². The van der Waals surface area contributed by atoms with Crippen molar-refractivity contribution >= 4 is 27.3 Å². The molecule has 1 unspecified atom stereocenters. The third kappa shape index (κ3) is 2.75. The molecule has 2 aromatic rings.